The van der Waals surface area contributed by atoms with E-state index in [2.05, 4.69) is 54.0 Å². The summed E-state index contributed by atoms with van der Waals surface area (Å²) in [6, 6.07) is 19.8. The Morgan fingerprint density at radius 2 is 1.82 bits per heavy atom. The van der Waals surface area contributed by atoms with Gasteiger partial charge in [-0.15, -0.1) is 11.3 Å². The van der Waals surface area contributed by atoms with Crippen molar-refractivity contribution >= 4 is 49.4 Å². The monoisotopic (exact) mass is 512 g/mol. The van der Waals surface area contributed by atoms with Crippen LogP contribution in [0.1, 0.15) is 23.2 Å². The molecule has 1 aliphatic rings. The molecule has 0 atom stereocenters. The maximum atomic E-state index is 13.0. The van der Waals surface area contributed by atoms with Gasteiger partial charge in [-0.2, -0.15) is 4.31 Å². The van der Waals surface area contributed by atoms with Gasteiger partial charge in [-0.05, 0) is 54.8 Å². The number of para-hydroxylation sites is 1. The quantitative estimate of drug-likeness (QED) is 0.309. The molecule has 34 heavy (non-hydrogen) atoms. The minimum atomic E-state index is -3.53. The summed E-state index contributed by atoms with van der Waals surface area (Å²) < 4.78 is 36.0. The summed E-state index contributed by atoms with van der Waals surface area (Å²) in [6.45, 7) is 3.70. The van der Waals surface area contributed by atoms with Crippen LogP contribution in [0.5, 0.6) is 5.75 Å². The summed E-state index contributed by atoms with van der Waals surface area (Å²) in [5, 5.41) is 1.20. The third kappa shape index (κ3) is 4.18. The number of ether oxygens (including phenoxy) is 1. The summed E-state index contributed by atoms with van der Waals surface area (Å²) >= 11 is 7.07. The lowest BCUT2D eigenvalue weighted by atomic mass is 9.97. The molecule has 176 valence electrons. The van der Waals surface area contributed by atoms with Crippen molar-refractivity contribution in [2.24, 2.45) is 0 Å². The van der Waals surface area contributed by atoms with Gasteiger partial charge in [0.05, 0.1) is 11.4 Å². The lowest BCUT2D eigenvalue weighted by molar-refractivity contribution is 0.414. The topological polar surface area (TPSA) is 51.5 Å². The second-order valence-corrected chi connectivity index (χ2v) is 12.2. The molecule has 4 aromatic rings. The predicted octanol–water partition coefficient (Wildman–Crippen LogP) is 6.20. The second-order valence-electron chi connectivity index (χ2n) is 8.31. The Labute approximate surface area is 208 Å². The van der Waals surface area contributed by atoms with Gasteiger partial charge in [-0.3, -0.25) is 0 Å². The van der Waals surface area contributed by atoms with E-state index in [0.717, 1.165) is 23.6 Å². The van der Waals surface area contributed by atoms with Crippen LogP contribution >= 0.6 is 22.9 Å². The molecule has 3 heterocycles. The van der Waals surface area contributed by atoms with Crippen LogP contribution in [0.3, 0.4) is 0 Å². The predicted molar refractivity (Wildman–Crippen MR) is 139 cm³/mol. The van der Waals surface area contributed by atoms with Crippen LogP contribution in [-0.2, 0) is 16.6 Å². The highest BCUT2D eigenvalue weighted by Crippen LogP contribution is 2.36. The number of aromatic nitrogens is 1. The third-order valence-electron chi connectivity index (χ3n) is 6.37. The number of fused-ring (bicyclic) bond motifs is 1. The number of hydrogen-bond acceptors (Lipinski definition) is 4. The number of methoxy groups -OCH3 is 1. The van der Waals surface area contributed by atoms with Gasteiger partial charge >= 0.3 is 0 Å². The minimum absolute atomic E-state index is 0.293. The highest BCUT2D eigenvalue weighted by atomic mass is 35.5. The maximum absolute atomic E-state index is 13.0. The molecule has 0 amide bonds. The SMILES string of the molecule is COc1ccc(Cn2c(C)c(C3=CCN(S(=O)(=O)c4ccc(Cl)s4)CC3)c3ccccc32)cc1. The number of hydrogen-bond donors (Lipinski definition) is 0. The van der Waals surface area contributed by atoms with Crippen molar-refractivity contribution in [3.63, 3.8) is 0 Å². The molecule has 0 radical (unpaired) electrons. The zero-order chi connectivity index (χ0) is 23.9. The fraction of sp³-hybridized carbons (Fsp3) is 0.231. The van der Waals surface area contributed by atoms with Crippen LogP contribution in [0, 0.1) is 6.92 Å². The Morgan fingerprint density at radius 3 is 2.47 bits per heavy atom. The van der Waals surface area contributed by atoms with Crippen LogP contribution in [0.2, 0.25) is 4.34 Å². The van der Waals surface area contributed by atoms with Crippen molar-refractivity contribution in [3.8, 4) is 5.75 Å². The maximum Gasteiger partial charge on any atom is 0.252 e. The Balaban J connectivity index is 1.48. The van der Waals surface area contributed by atoms with Gasteiger partial charge in [0.25, 0.3) is 10.0 Å². The van der Waals surface area contributed by atoms with Crippen molar-refractivity contribution in [1.82, 2.24) is 8.87 Å². The molecule has 0 fully saturated rings. The molecule has 8 heteroatoms. The summed E-state index contributed by atoms with van der Waals surface area (Å²) in [7, 11) is -1.86. The number of halogens is 1. The van der Waals surface area contributed by atoms with Crippen molar-refractivity contribution in [3.05, 3.63) is 87.9 Å². The molecule has 5 nitrogen and oxygen atoms in total. The van der Waals surface area contributed by atoms with Gasteiger partial charge in [0.15, 0.2) is 0 Å². The molecule has 0 bridgehead atoms. The van der Waals surface area contributed by atoms with Gasteiger partial charge in [-0.1, -0.05) is 48.0 Å². The molecular formula is C26H25ClN2O3S2. The first-order chi connectivity index (χ1) is 16.4. The Morgan fingerprint density at radius 1 is 1.06 bits per heavy atom. The number of thiophene rings is 1. The van der Waals surface area contributed by atoms with Gasteiger partial charge in [0, 0.05) is 41.8 Å². The molecule has 0 aliphatic carbocycles. The molecule has 0 N–H and O–H groups in total. The van der Waals surface area contributed by atoms with Crippen LogP contribution in [0.4, 0.5) is 0 Å². The minimum Gasteiger partial charge on any atom is -0.497 e. The number of benzene rings is 2. The van der Waals surface area contributed by atoms with Crippen LogP contribution in [0.25, 0.3) is 16.5 Å². The summed E-state index contributed by atoms with van der Waals surface area (Å²) in [6.07, 6.45) is 2.72. The van der Waals surface area contributed by atoms with Gasteiger partial charge in [0.1, 0.15) is 9.96 Å². The Kier molecular flexibility index (Phi) is 6.29. The van der Waals surface area contributed by atoms with E-state index >= 15 is 0 Å². The highest BCUT2D eigenvalue weighted by Gasteiger charge is 2.29. The average Bonchev–Trinajstić information content (AvgIpc) is 3.41. The fourth-order valence-electron chi connectivity index (χ4n) is 4.61. The van der Waals surface area contributed by atoms with E-state index in [4.69, 9.17) is 16.3 Å². The van der Waals surface area contributed by atoms with Crippen LogP contribution in [-0.4, -0.2) is 37.5 Å². The lowest BCUT2D eigenvalue weighted by Gasteiger charge is -2.25. The summed E-state index contributed by atoms with van der Waals surface area (Å²) in [5.74, 6) is 0.843. The third-order valence-corrected chi connectivity index (χ3v) is 9.93. The van der Waals surface area contributed by atoms with Crippen LogP contribution in [0.15, 0.2) is 70.9 Å². The first-order valence-corrected chi connectivity index (χ1v) is 13.7. The van der Waals surface area contributed by atoms with E-state index in [9.17, 15) is 8.42 Å². The molecule has 2 aromatic carbocycles. The lowest BCUT2D eigenvalue weighted by Crippen LogP contribution is -2.34. The van der Waals surface area contributed by atoms with Gasteiger partial charge < -0.3 is 9.30 Å². The first kappa shape index (κ1) is 23.2. The zero-order valence-electron chi connectivity index (χ0n) is 19.0. The van der Waals surface area contributed by atoms with E-state index in [1.54, 1.807) is 19.2 Å². The van der Waals surface area contributed by atoms with Crippen molar-refractivity contribution in [2.75, 3.05) is 20.2 Å². The number of sulfonamides is 1. The zero-order valence-corrected chi connectivity index (χ0v) is 21.4. The van der Waals surface area contributed by atoms with E-state index in [0.29, 0.717) is 28.1 Å². The van der Waals surface area contributed by atoms with E-state index in [-0.39, 0.29) is 0 Å². The van der Waals surface area contributed by atoms with E-state index in [1.165, 1.54) is 37.6 Å². The van der Waals surface area contributed by atoms with Gasteiger partial charge in [-0.25, -0.2) is 8.42 Å². The first-order valence-electron chi connectivity index (χ1n) is 11.0. The van der Waals surface area contributed by atoms with Crippen molar-refractivity contribution in [1.29, 1.82) is 0 Å². The molecule has 2 aromatic heterocycles. The molecule has 0 unspecified atom stereocenters. The van der Waals surface area contributed by atoms with E-state index < -0.39 is 10.0 Å². The number of rotatable bonds is 6. The molecule has 0 spiro atoms. The molecule has 0 saturated carbocycles. The van der Waals surface area contributed by atoms with Crippen LogP contribution < -0.4 is 4.74 Å². The molecule has 1 aliphatic heterocycles. The second kappa shape index (κ2) is 9.23. The standard InChI is InChI=1S/C26H25ClN2O3S2/c1-18-26(20-13-15-28(16-14-20)34(30,31)25-12-11-24(27)33-25)22-5-3-4-6-23(22)29(18)17-19-7-9-21(32-2)10-8-19/h3-13H,14-17H2,1-2H3. The largest absolute Gasteiger partial charge is 0.497 e. The summed E-state index contributed by atoms with van der Waals surface area (Å²) in [4.78, 5) is 0. The fourth-order valence-corrected chi connectivity index (χ4v) is 7.63. The molecular weight excluding hydrogens is 488 g/mol. The van der Waals surface area contributed by atoms with Gasteiger partial charge in [0.2, 0.25) is 0 Å². The van der Waals surface area contributed by atoms with Crippen molar-refractivity contribution < 1.29 is 13.2 Å². The Hall–Kier alpha value is -2.58. The highest BCUT2D eigenvalue weighted by molar-refractivity contribution is 7.91. The normalized spacial score (nSPS) is 15.0. The molecule has 5 rings (SSSR count). The summed E-state index contributed by atoms with van der Waals surface area (Å²) in [5.41, 5.74) is 5.96. The molecule has 0 saturated heterocycles. The number of nitrogens with zero attached hydrogens (tertiary/aromatic N) is 2. The average molecular weight is 513 g/mol. The van der Waals surface area contributed by atoms with Crippen molar-refractivity contribution in [2.45, 2.75) is 24.1 Å². The van der Waals surface area contributed by atoms with E-state index in [1.807, 2.05) is 12.1 Å². The smallest absolute Gasteiger partial charge is 0.252 e. The Bertz CT molecular complexity index is 1480.